The normalized spacial score (nSPS) is 14.8. The molecule has 0 bridgehead atoms. The maximum absolute atomic E-state index is 4.36. The molecule has 4 heteroatoms. The summed E-state index contributed by atoms with van der Waals surface area (Å²) in [6.07, 6.45) is 4.00. The van der Waals surface area contributed by atoms with E-state index in [1.54, 1.807) is 11.3 Å². The second kappa shape index (κ2) is 5.47. The predicted octanol–water partition coefficient (Wildman–Crippen LogP) is 2.99. The molecule has 0 amide bonds. The fraction of sp³-hybridized carbons (Fsp3) is 0.462. The molecule has 2 aromatic rings. The molecule has 0 spiro atoms. The van der Waals surface area contributed by atoms with Gasteiger partial charge >= 0.3 is 0 Å². The number of aryl methyl sites for hydroxylation is 1. The Hall–Kier alpha value is -1.13. The lowest BCUT2D eigenvalue weighted by Crippen LogP contribution is -2.33. The summed E-state index contributed by atoms with van der Waals surface area (Å²) in [7, 11) is 0. The molecule has 2 rings (SSSR count). The third kappa shape index (κ3) is 3.17. The quantitative estimate of drug-likeness (QED) is 0.883. The summed E-state index contributed by atoms with van der Waals surface area (Å²) in [4.78, 5) is 0. The molecule has 0 saturated carbocycles. The van der Waals surface area contributed by atoms with Crippen LogP contribution in [0.4, 0.5) is 0 Å². The molecule has 0 radical (unpaired) electrons. The van der Waals surface area contributed by atoms with Crippen molar-refractivity contribution >= 4 is 11.3 Å². The molecule has 0 aliphatic rings. The summed E-state index contributed by atoms with van der Waals surface area (Å²) in [5.41, 5.74) is 2.56. The Balaban J connectivity index is 1.89. The Labute approximate surface area is 106 Å². The summed E-state index contributed by atoms with van der Waals surface area (Å²) in [6.45, 7) is 7.39. The van der Waals surface area contributed by atoms with E-state index in [-0.39, 0.29) is 0 Å². The largest absolute Gasteiger partial charge is 0.308 e. The van der Waals surface area contributed by atoms with Gasteiger partial charge in [-0.05, 0) is 48.7 Å². The second-order valence-electron chi connectivity index (χ2n) is 4.54. The maximum Gasteiger partial charge on any atom is 0.0641 e. The molecule has 0 aliphatic carbocycles. The minimum Gasteiger partial charge on any atom is -0.308 e. The van der Waals surface area contributed by atoms with Crippen molar-refractivity contribution in [1.29, 1.82) is 0 Å². The van der Waals surface area contributed by atoms with E-state index in [4.69, 9.17) is 0 Å². The van der Waals surface area contributed by atoms with Crippen LogP contribution in [0, 0.1) is 6.92 Å². The van der Waals surface area contributed by atoms with Gasteiger partial charge in [-0.25, -0.2) is 0 Å². The van der Waals surface area contributed by atoms with Crippen molar-refractivity contribution in [3.8, 4) is 0 Å². The average molecular weight is 249 g/mol. The molecule has 17 heavy (non-hydrogen) atoms. The van der Waals surface area contributed by atoms with E-state index in [2.05, 4.69) is 54.2 Å². The molecule has 2 atom stereocenters. The van der Waals surface area contributed by atoms with E-state index in [0.29, 0.717) is 12.1 Å². The van der Waals surface area contributed by atoms with Crippen LogP contribution in [0.25, 0.3) is 0 Å². The highest BCUT2D eigenvalue weighted by Crippen LogP contribution is 2.12. The van der Waals surface area contributed by atoms with Crippen molar-refractivity contribution in [1.82, 2.24) is 15.1 Å². The first-order valence-electron chi connectivity index (χ1n) is 5.92. The van der Waals surface area contributed by atoms with E-state index in [1.165, 1.54) is 11.1 Å². The molecule has 3 nitrogen and oxygen atoms in total. The first kappa shape index (κ1) is 12.3. The van der Waals surface area contributed by atoms with Gasteiger partial charge in [-0.2, -0.15) is 16.4 Å². The number of nitrogens with zero attached hydrogens (tertiary/aromatic N) is 2. The fourth-order valence-corrected chi connectivity index (χ4v) is 2.40. The Morgan fingerprint density at radius 1 is 1.47 bits per heavy atom. The van der Waals surface area contributed by atoms with Crippen molar-refractivity contribution in [2.24, 2.45) is 0 Å². The smallest absolute Gasteiger partial charge is 0.0641 e. The molecule has 2 aromatic heterocycles. The SMILES string of the molecule is Cc1cnn([C@@H](C)[C@H](C)NCc2ccsc2)c1. The molecule has 0 fully saturated rings. The van der Waals surface area contributed by atoms with Crippen LogP contribution in [0.15, 0.2) is 29.2 Å². The van der Waals surface area contributed by atoms with E-state index >= 15 is 0 Å². The number of hydrogen-bond donors (Lipinski definition) is 1. The number of thiophene rings is 1. The van der Waals surface area contributed by atoms with Gasteiger partial charge in [-0.3, -0.25) is 4.68 Å². The van der Waals surface area contributed by atoms with Crippen LogP contribution in [0.5, 0.6) is 0 Å². The zero-order valence-corrected chi connectivity index (χ0v) is 11.4. The molecule has 0 saturated heterocycles. The van der Waals surface area contributed by atoms with Gasteiger partial charge in [0.25, 0.3) is 0 Å². The predicted molar refractivity (Wildman–Crippen MR) is 72.3 cm³/mol. The van der Waals surface area contributed by atoms with Gasteiger partial charge < -0.3 is 5.32 Å². The van der Waals surface area contributed by atoms with Crippen molar-refractivity contribution < 1.29 is 0 Å². The Kier molecular flexibility index (Phi) is 3.97. The van der Waals surface area contributed by atoms with Gasteiger partial charge in [0.1, 0.15) is 0 Å². The molecule has 2 heterocycles. The van der Waals surface area contributed by atoms with Crippen LogP contribution >= 0.6 is 11.3 Å². The van der Waals surface area contributed by atoms with E-state index < -0.39 is 0 Å². The van der Waals surface area contributed by atoms with Gasteiger partial charge in [0.15, 0.2) is 0 Å². The van der Waals surface area contributed by atoms with E-state index in [9.17, 15) is 0 Å². The van der Waals surface area contributed by atoms with Crippen LogP contribution in [0.2, 0.25) is 0 Å². The molecule has 1 N–H and O–H groups in total. The minimum absolute atomic E-state index is 0.363. The monoisotopic (exact) mass is 249 g/mol. The maximum atomic E-state index is 4.36. The summed E-state index contributed by atoms with van der Waals surface area (Å²) in [5.74, 6) is 0. The summed E-state index contributed by atoms with van der Waals surface area (Å²) in [6, 6.07) is 2.92. The molecular formula is C13H19N3S. The topological polar surface area (TPSA) is 29.9 Å². The number of nitrogens with one attached hydrogen (secondary N) is 1. The second-order valence-corrected chi connectivity index (χ2v) is 5.32. The fourth-order valence-electron chi connectivity index (χ4n) is 1.73. The van der Waals surface area contributed by atoms with Crippen LogP contribution in [0.3, 0.4) is 0 Å². The highest BCUT2D eigenvalue weighted by molar-refractivity contribution is 7.07. The van der Waals surface area contributed by atoms with Crippen molar-refractivity contribution in [2.75, 3.05) is 0 Å². The van der Waals surface area contributed by atoms with E-state index in [0.717, 1.165) is 6.54 Å². The molecule has 92 valence electrons. The van der Waals surface area contributed by atoms with Crippen molar-refractivity contribution in [2.45, 2.75) is 39.4 Å². The third-order valence-corrected chi connectivity index (χ3v) is 3.81. The highest BCUT2D eigenvalue weighted by Gasteiger charge is 2.13. The number of rotatable bonds is 5. The first-order valence-corrected chi connectivity index (χ1v) is 6.86. The van der Waals surface area contributed by atoms with Crippen LogP contribution in [-0.2, 0) is 6.54 Å². The van der Waals surface area contributed by atoms with Gasteiger partial charge in [0, 0.05) is 18.8 Å². The zero-order chi connectivity index (χ0) is 12.3. The van der Waals surface area contributed by atoms with Gasteiger partial charge in [-0.1, -0.05) is 0 Å². The minimum atomic E-state index is 0.363. The Morgan fingerprint density at radius 3 is 2.88 bits per heavy atom. The average Bonchev–Trinajstić information content (AvgIpc) is 2.95. The highest BCUT2D eigenvalue weighted by atomic mass is 32.1. The van der Waals surface area contributed by atoms with E-state index in [1.807, 2.05) is 10.9 Å². The molecule has 0 unspecified atom stereocenters. The van der Waals surface area contributed by atoms with Crippen LogP contribution in [-0.4, -0.2) is 15.8 Å². The lowest BCUT2D eigenvalue weighted by atomic mass is 10.1. The lowest BCUT2D eigenvalue weighted by molar-refractivity contribution is 0.365. The van der Waals surface area contributed by atoms with Crippen molar-refractivity contribution in [3.05, 3.63) is 40.3 Å². The Morgan fingerprint density at radius 2 is 2.29 bits per heavy atom. The van der Waals surface area contributed by atoms with Gasteiger partial charge in [-0.15, -0.1) is 0 Å². The number of aromatic nitrogens is 2. The number of hydrogen-bond acceptors (Lipinski definition) is 3. The zero-order valence-electron chi connectivity index (χ0n) is 10.6. The summed E-state index contributed by atoms with van der Waals surface area (Å²) >= 11 is 1.74. The standard InChI is InChI=1S/C13H19N3S/c1-10-6-15-16(8-10)12(3)11(2)14-7-13-4-5-17-9-13/h4-6,8-9,11-12,14H,7H2,1-3H3/t11-,12-/m0/s1. The molecule has 0 aliphatic heterocycles. The molecular weight excluding hydrogens is 230 g/mol. The van der Waals surface area contributed by atoms with Crippen LogP contribution in [0.1, 0.15) is 31.0 Å². The van der Waals surface area contributed by atoms with Gasteiger partial charge in [0.05, 0.1) is 12.2 Å². The molecule has 0 aromatic carbocycles. The third-order valence-electron chi connectivity index (χ3n) is 3.08. The summed E-state index contributed by atoms with van der Waals surface area (Å²) < 4.78 is 2.03. The first-order chi connectivity index (χ1) is 8.16. The van der Waals surface area contributed by atoms with Gasteiger partial charge in [0.2, 0.25) is 0 Å². The Bertz CT molecular complexity index is 447. The van der Waals surface area contributed by atoms with Crippen LogP contribution < -0.4 is 5.32 Å². The summed E-state index contributed by atoms with van der Waals surface area (Å²) in [5, 5.41) is 12.2. The lowest BCUT2D eigenvalue weighted by Gasteiger charge is -2.21. The van der Waals surface area contributed by atoms with Crippen molar-refractivity contribution in [3.63, 3.8) is 0 Å².